The van der Waals surface area contributed by atoms with E-state index in [9.17, 15) is 9.59 Å². The first-order valence-electron chi connectivity index (χ1n) is 6.76. The van der Waals surface area contributed by atoms with E-state index in [4.69, 9.17) is 0 Å². The van der Waals surface area contributed by atoms with Gasteiger partial charge in [0.2, 0.25) is 0 Å². The van der Waals surface area contributed by atoms with Gasteiger partial charge in [0.1, 0.15) is 0 Å². The average molecular weight is 283 g/mol. The van der Waals surface area contributed by atoms with E-state index in [1.165, 1.54) is 5.56 Å². The van der Waals surface area contributed by atoms with Crippen molar-refractivity contribution in [3.05, 3.63) is 59.9 Å². The molecule has 2 amide bonds. The van der Waals surface area contributed by atoms with Crippen LogP contribution in [0.4, 0.5) is 5.69 Å². The van der Waals surface area contributed by atoms with Crippen molar-refractivity contribution in [3.8, 4) is 0 Å². The number of rotatable bonds is 4. The summed E-state index contributed by atoms with van der Waals surface area (Å²) in [4.78, 5) is 27.3. The van der Waals surface area contributed by atoms with Gasteiger partial charge in [0.25, 0.3) is 0 Å². The first-order chi connectivity index (χ1) is 10.2. The quantitative estimate of drug-likeness (QED) is 0.842. The largest absolute Gasteiger partial charge is 0.344 e. The van der Waals surface area contributed by atoms with Gasteiger partial charge in [-0.15, -0.1) is 0 Å². The van der Waals surface area contributed by atoms with Crippen LogP contribution in [0.2, 0.25) is 0 Å². The van der Waals surface area contributed by atoms with Crippen molar-refractivity contribution in [1.82, 2.24) is 10.3 Å². The molecule has 5 heteroatoms. The molecule has 1 aromatic heterocycles. The molecule has 5 nitrogen and oxygen atoms in total. The van der Waals surface area contributed by atoms with Gasteiger partial charge in [0, 0.05) is 24.6 Å². The summed E-state index contributed by atoms with van der Waals surface area (Å²) < 4.78 is 0. The van der Waals surface area contributed by atoms with Crippen LogP contribution in [-0.4, -0.2) is 16.8 Å². The van der Waals surface area contributed by atoms with Gasteiger partial charge in [-0.25, -0.2) is 0 Å². The third kappa shape index (κ3) is 4.42. The van der Waals surface area contributed by atoms with Gasteiger partial charge in [-0.3, -0.25) is 14.6 Å². The van der Waals surface area contributed by atoms with Gasteiger partial charge >= 0.3 is 11.8 Å². The fraction of sp³-hybridized carbons (Fsp3) is 0.188. The molecule has 1 aromatic carbocycles. The number of aryl methyl sites for hydroxylation is 1. The van der Waals surface area contributed by atoms with E-state index < -0.39 is 11.8 Å². The summed E-state index contributed by atoms with van der Waals surface area (Å²) in [7, 11) is 0. The van der Waals surface area contributed by atoms with E-state index in [2.05, 4.69) is 22.5 Å². The zero-order valence-corrected chi connectivity index (χ0v) is 11.8. The predicted molar refractivity (Wildman–Crippen MR) is 80.5 cm³/mol. The van der Waals surface area contributed by atoms with Gasteiger partial charge < -0.3 is 10.6 Å². The molecule has 0 saturated carbocycles. The standard InChI is InChI=1S/C16H17N3O2/c1-2-12-3-5-14(6-4-12)19-16(21)15(20)18-11-13-7-9-17-10-8-13/h3-10H,2,11H2,1H3,(H,18,20)(H,19,21). The number of hydrogen-bond acceptors (Lipinski definition) is 3. The fourth-order valence-electron chi connectivity index (χ4n) is 1.77. The predicted octanol–water partition coefficient (Wildman–Crippen LogP) is 1.90. The molecule has 0 spiro atoms. The number of carbonyl (C=O) groups excluding carboxylic acids is 2. The highest BCUT2D eigenvalue weighted by Gasteiger charge is 2.13. The highest BCUT2D eigenvalue weighted by atomic mass is 16.2. The summed E-state index contributed by atoms with van der Waals surface area (Å²) in [5, 5.41) is 5.13. The lowest BCUT2D eigenvalue weighted by Gasteiger charge is -2.07. The van der Waals surface area contributed by atoms with Crippen LogP contribution in [0.1, 0.15) is 18.1 Å². The van der Waals surface area contributed by atoms with Gasteiger partial charge in [0.05, 0.1) is 0 Å². The van der Waals surface area contributed by atoms with E-state index >= 15 is 0 Å². The Labute approximate surface area is 123 Å². The number of anilines is 1. The molecule has 0 fully saturated rings. The summed E-state index contributed by atoms with van der Waals surface area (Å²) in [6.45, 7) is 2.35. The van der Waals surface area contributed by atoms with Crippen molar-refractivity contribution >= 4 is 17.5 Å². The third-order valence-electron chi connectivity index (χ3n) is 3.03. The number of pyridine rings is 1. The summed E-state index contributed by atoms with van der Waals surface area (Å²) >= 11 is 0. The molecule has 0 unspecified atom stereocenters. The zero-order valence-electron chi connectivity index (χ0n) is 11.8. The smallest absolute Gasteiger partial charge is 0.313 e. The summed E-state index contributed by atoms with van der Waals surface area (Å²) in [6.07, 6.45) is 4.20. The molecule has 2 N–H and O–H groups in total. The maximum Gasteiger partial charge on any atom is 0.313 e. The Morgan fingerprint density at radius 3 is 2.24 bits per heavy atom. The van der Waals surface area contributed by atoms with Crippen LogP contribution in [0.15, 0.2) is 48.8 Å². The molecule has 0 saturated heterocycles. The lowest BCUT2D eigenvalue weighted by Crippen LogP contribution is -2.34. The molecular weight excluding hydrogens is 266 g/mol. The number of hydrogen-bond donors (Lipinski definition) is 2. The second-order valence-electron chi connectivity index (χ2n) is 4.54. The SMILES string of the molecule is CCc1ccc(NC(=O)C(=O)NCc2ccncc2)cc1. The number of benzene rings is 1. The number of aromatic nitrogens is 1. The summed E-state index contributed by atoms with van der Waals surface area (Å²) in [5.74, 6) is -1.33. The summed E-state index contributed by atoms with van der Waals surface area (Å²) in [5.41, 5.74) is 2.67. The molecule has 108 valence electrons. The van der Waals surface area contributed by atoms with Crippen molar-refractivity contribution in [2.45, 2.75) is 19.9 Å². The monoisotopic (exact) mass is 283 g/mol. The van der Waals surface area contributed by atoms with Gasteiger partial charge in [-0.05, 0) is 41.8 Å². The molecule has 1 heterocycles. The Hall–Kier alpha value is -2.69. The maximum absolute atomic E-state index is 11.8. The molecular formula is C16H17N3O2. The third-order valence-corrected chi connectivity index (χ3v) is 3.03. The van der Waals surface area contributed by atoms with E-state index in [1.54, 1.807) is 36.7 Å². The van der Waals surface area contributed by atoms with Crippen molar-refractivity contribution in [3.63, 3.8) is 0 Å². The topological polar surface area (TPSA) is 71.1 Å². The van der Waals surface area contributed by atoms with Crippen molar-refractivity contribution in [2.24, 2.45) is 0 Å². The molecule has 0 aliphatic heterocycles. The zero-order chi connectivity index (χ0) is 15.1. The number of nitrogens with zero attached hydrogens (tertiary/aromatic N) is 1. The lowest BCUT2D eigenvalue weighted by molar-refractivity contribution is -0.136. The Morgan fingerprint density at radius 1 is 0.952 bits per heavy atom. The highest BCUT2D eigenvalue weighted by Crippen LogP contribution is 2.09. The molecule has 0 atom stereocenters. The molecule has 0 radical (unpaired) electrons. The average Bonchev–Trinajstić information content (AvgIpc) is 2.54. The van der Waals surface area contributed by atoms with Gasteiger partial charge in [-0.2, -0.15) is 0 Å². The Morgan fingerprint density at radius 2 is 1.62 bits per heavy atom. The normalized spacial score (nSPS) is 9.95. The molecule has 21 heavy (non-hydrogen) atoms. The first kappa shape index (κ1) is 14.7. The second-order valence-corrected chi connectivity index (χ2v) is 4.54. The maximum atomic E-state index is 11.8. The van der Waals surface area contributed by atoms with Crippen LogP contribution in [0.25, 0.3) is 0 Å². The van der Waals surface area contributed by atoms with Crippen LogP contribution in [0.3, 0.4) is 0 Å². The van der Waals surface area contributed by atoms with Crippen LogP contribution in [0.5, 0.6) is 0 Å². The minimum atomic E-state index is -0.673. The van der Waals surface area contributed by atoms with Crippen molar-refractivity contribution in [2.75, 3.05) is 5.32 Å². The Kier molecular flexibility index (Phi) is 5.04. The highest BCUT2D eigenvalue weighted by molar-refractivity contribution is 6.39. The van der Waals surface area contributed by atoms with Crippen LogP contribution >= 0.6 is 0 Å². The Bertz CT molecular complexity index is 609. The van der Waals surface area contributed by atoms with Crippen LogP contribution in [0, 0.1) is 0 Å². The van der Waals surface area contributed by atoms with E-state index in [-0.39, 0.29) is 0 Å². The summed E-state index contributed by atoms with van der Waals surface area (Å²) in [6, 6.07) is 11.0. The number of amides is 2. The molecule has 2 aromatic rings. The van der Waals surface area contributed by atoms with Crippen LogP contribution in [-0.2, 0) is 22.6 Å². The molecule has 0 aliphatic rings. The van der Waals surface area contributed by atoms with E-state index in [0.29, 0.717) is 12.2 Å². The van der Waals surface area contributed by atoms with Crippen LogP contribution < -0.4 is 10.6 Å². The van der Waals surface area contributed by atoms with Crippen molar-refractivity contribution < 1.29 is 9.59 Å². The molecule has 0 aliphatic carbocycles. The number of carbonyl (C=O) groups is 2. The van der Waals surface area contributed by atoms with E-state index in [0.717, 1.165) is 12.0 Å². The fourth-order valence-corrected chi connectivity index (χ4v) is 1.77. The molecule has 0 bridgehead atoms. The minimum Gasteiger partial charge on any atom is -0.344 e. The minimum absolute atomic E-state index is 0.295. The first-order valence-corrected chi connectivity index (χ1v) is 6.76. The van der Waals surface area contributed by atoms with Gasteiger partial charge in [0.15, 0.2) is 0 Å². The van der Waals surface area contributed by atoms with E-state index in [1.807, 2.05) is 12.1 Å². The number of nitrogens with one attached hydrogen (secondary N) is 2. The molecule has 2 rings (SSSR count). The Balaban J connectivity index is 1.86. The lowest BCUT2D eigenvalue weighted by atomic mass is 10.1. The van der Waals surface area contributed by atoms with Crippen molar-refractivity contribution in [1.29, 1.82) is 0 Å². The second kappa shape index (κ2) is 7.19. The van der Waals surface area contributed by atoms with Gasteiger partial charge in [-0.1, -0.05) is 19.1 Å².